The van der Waals surface area contributed by atoms with Crippen molar-refractivity contribution in [3.63, 3.8) is 0 Å². The number of piperazine rings is 1. The molecule has 0 saturated carbocycles. The molecular formula is C13H22N4. The van der Waals surface area contributed by atoms with Gasteiger partial charge in [-0.3, -0.25) is 9.88 Å². The van der Waals surface area contributed by atoms with E-state index in [0.717, 1.165) is 31.9 Å². The average molecular weight is 234 g/mol. The van der Waals surface area contributed by atoms with Crippen molar-refractivity contribution >= 4 is 0 Å². The normalized spacial score (nSPS) is 22.9. The Morgan fingerprint density at radius 2 is 2.29 bits per heavy atom. The Hall–Kier alpha value is -0.970. The van der Waals surface area contributed by atoms with Crippen LogP contribution in [-0.2, 0) is 13.1 Å². The zero-order valence-electron chi connectivity index (χ0n) is 10.8. The first-order valence-corrected chi connectivity index (χ1v) is 6.25. The van der Waals surface area contributed by atoms with E-state index in [4.69, 9.17) is 5.73 Å². The Kier molecular flexibility index (Phi) is 4.10. The molecule has 0 aromatic carbocycles. The molecule has 1 saturated heterocycles. The first-order chi connectivity index (χ1) is 8.19. The third-order valence-corrected chi connectivity index (χ3v) is 3.44. The van der Waals surface area contributed by atoms with Gasteiger partial charge in [0, 0.05) is 45.0 Å². The van der Waals surface area contributed by atoms with Crippen LogP contribution in [0.5, 0.6) is 0 Å². The first-order valence-electron chi connectivity index (χ1n) is 6.25. The van der Waals surface area contributed by atoms with E-state index in [1.54, 1.807) is 0 Å². The summed E-state index contributed by atoms with van der Waals surface area (Å²) >= 11 is 0. The lowest BCUT2D eigenvalue weighted by Gasteiger charge is -2.38. The summed E-state index contributed by atoms with van der Waals surface area (Å²) in [4.78, 5) is 9.14. The Bertz CT molecular complexity index is 366. The minimum atomic E-state index is 0.520. The van der Waals surface area contributed by atoms with E-state index < -0.39 is 0 Å². The van der Waals surface area contributed by atoms with Gasteiger partial charge in [-0.25, -0.2) is 0 Å². The quantitative estimate of drug-likeness (QED) is 0.835. The third kappa shape index (κ3) is 3.25. The summed E-state index contributed by atoms with van der Waals surface area (Å²) in [6.45, 7) is 7.25. The molecule has 0 radical (unpaired) electrons. The summed E-state index contributed by atoms with van der Waals surface area (Å²) in [5, 5.41) is 0. The topological polar surface area (TPSA) is 45.4 Å². The van der Waals surface area contributed by atoms with Crippen LogP contribution in [0.4, 0.5) is 0 Å². The molecule has 4 nitrogen and oxygen atoms in total. The van der Waals surface area contributed by atoms with Crippen molar-refractivity contribution < 1.29 is 0 Å². The molecule has 2 heterocycles. The zero-order valence-corrected chi connectivity index (χ0v) is 10.8. The van der Waals surface area contributed by atoms with Gasteiger partial charge in [-0.15, -0.1) is 0 Å². The van der Waals surface area contributed by atoms with Crippen LogP contribution in [0.3, 0.4) is 0 Å². The van der Waals surface area contributed by atoms with Crippen LogP contribution in [0, 0.1) is 0 Å². The maximum atomic E-state index is 5.61. The highest BCUT2D eigenvalue weighted by atomic mass is 15.3. The highest BCUT2D eigenvalue weighted by molar-refractivity contribution is 5.16. The van der Waals surface area contributed by atoms with E-state index in [1.807, 2.05) is 6.20 Å². The van der Waals surface area contributed by atoms with Gasteiger partial charge < -0.3 is 10.6 Å². The fraction of sp³-hybridized carbons (Fsp3) is 0.615. The number of rotatable bonds is 3. The molecule has 1 aliphatic rings. The third-order valence-electron chi connectivity index (χ3n) is 3.44. The summed E-state index contributed by atoms with van der Waals surface area (Å²) in [5.41, 5.74) is 7.91. The number of hydrogen-bond acceptors (Lipinski definition) is 4. The van der Waals surface area contributed by atoms with Gasteiger partial charge in [0.1, 0.15) is 0 Å². The maximum absolute atomic E-state index is 5.61. The molecule has 1 fully saturated rings. The maximum Gasteiger partial charge on any atom is 0.0542 e. The van der Waals surface area contributed by atoms with Gasteiger partial charge in [0.25, 0.3) is 0 Å². The molecule has 2 N–H and O–H groups in total. The van der Waals surface area contributed by atoms with Crippen molar-refractivity contribution in [1.29, 1.82) is 0 Å². The predicted octanol–water partition coefficient (Wildman–Crippen LogP) is 0.676. The van der Waals surface area contributed by atoms with Crippen molar-refractivity contribution in [2.45, 2.75) is 26.1 Å². The summed E-state index contributed by atoms with van der Waals surface area (Å²) < 4.78 is 0. The van der Waals surface area contributed by atoms with E-state index in [-0.39, 0.29) is 0 Å². The summed E-state index contributed by atoms with van der Waals surface area (Å²) in [6, 6.07) is 4.82. The standard InChI is InChI=1S/C13H22N4/c1-11-9-16(2)5-6-17(11)10-12-3-4-15-13(7-12)8-14/h3-4,7,11H,5-6,8-10,14H2,1-2H3. The number of hydrogen-bond donors (Lipinski definition) is 1. The molecule has 1 aromatic heterocycles. The molecule has 0 bridgehead atoms. The highest BCUT2D eigenvalue weighted by Gasteiger charge is 2.21. The number of aromatic nitrogens is 1. The Labute approximate surface area is 103 Å². The van der Waals surface area contributed by atoms with Gasteiger partial charge in [-0.1, -0.05) is 0 Å². The number of likely N-dealkylation sites (N-methyl/N-ethyl adjacent to an activating group) is 1. The number of nitrogens with zero attached hydrogens (tertiary/aromatic N) is 3. The second-order valence-electron chi connectivity index (χ2n) is 4.94. The molecule has 0 amide bonds. The predicted molar refractivity (Wildman–Crippen MR) is 69.5 cm³/mol. The molecule has 1 aromatic rings. The van der Waals surface area contributed by atoms with Gasteiger partial charge in [-0.2, -0.15) is 0 Å². The molecule has 1 unspecified atom stereocenters. The Balaban J connectivity index is 2.00. The van der Waals surface area contributed by atoms with Crippen molar-refractivity contribution in [2.75, 3.05) is 26.7 Å². The molecule has 1 atom stereocenters. The Morgan fingerprint density at radius 1 is 1.47 bits per heavy atom. The van der Waals surface area contributed by atoms with Gasteiger partial charge in [0.2, 0.25) is 0 Å². The van der Waals surface area contributed by atoms with Crippen LogP contribution in [0.1, 0.15) is 18.2 Å². The first kappa shape index (κ1) is 12.5. The van der Waals surface area contributed by atoms with E-state index >= 15 is 0 Å². The van der Waals surface area contributed by atoms with Crippen molar-refractivity contribution in [2.24, 2.45) is 5.73 Å². The van der Waals surface area contributed by atoms with Gasteiger partial charge >= 0.3 is 0 Å². The van der Waals surface area contributed by atoms with Crippen LogP contribution in [0.25, 0.3) is 0 Å². The average Bonchev–Trinajstić information content (AvgIpc) is 2.33. The molecule has 0 spiro atoms. The molecule has 17 heavy (non-hydrogen) atoms. The fourth-order valence-corrected chi connectivity index (χ4v) is 2.38. The van der Waals surface area contributed by atoms with Crippen LogP contribution < -0.4 is 5.73 Å². The zero-order chi connectivity index (χ0) is 12.3. The number of nitrogens with two attached hydrogens (primary N) is 1. The van der Waals surface area contributed by atoms with Crippen LogP contribution >= 0.6 is 0 Å². The Morgan fingerprint density at radius 3 is 3.00 bits per heavy atom. The molecule has 1 aliphatic heterocycles. The van der Waals surface area contributed by atoms with Crippen LogP contribution in [0.2, 0.25) is 0 Å². The molecule has 4 heteroatoms. The second-order valence-corrected chi connectivity index (χ2v) is 4.94. The monoisotopic (exact) mass is 234 g/mol. The van der Waals surface area contributed by atoms with Gasteiger partial charge in [-0.05, 0) is 31.7 Å². The molecule has 94 valence electrons. The summed E-state index contributed by atoms with van der Waals surface area (Å²) in [7, 11) is 2.19. The van der Waals surface area contributed by atoms with Crippen molar-refractivity contribution in [3.8, 4) is 0 Å². The minimum Gasteiger partial charge on any atom is -0.325 e. The lowest BCUT2D eigenvalue weighted by molar-refractivity contribution is 0.0938. The summed E-state index contributed by atoms with van der Waals surface area (Å²) in [5.74, 6) is 0. The smallest absolute Gasteiger partial charge is 0.0542 e. The largest absolute Gasteiger partial charge is 0.325 e. The van der Waals surface area contributed by atoms with Crippen LogP contribution in [0.15, 0.2) is 18.3 Å². The van der Waals surface area contributed by atoms with Crippen molar-refractivity contribution in [3.05, 3.63) is 29.6 Å². The molecule has 2 rings (SSSR count). The fourth-order valence-electron chi connectivity index (χ4n) is 2.38. The van der Waals surface area contributed by atoms with Gasteiger partial charge in [0.15, 0.2) is 0 Å². The molecular weight excluding hydrogens is 212 g/mol. The lowest BCUT2D eigenvalue weighted by atomic mass is 10.1. The van der Waals surface area contributed by atoms with Gasteiger partial charge in [0.05, 0.1) is 5.69 Å². The lowest BCUT2D eigenvalue weighted by Crippen LogP contribution is -2.49. The summed E-state index contributed by atoms with van der Waals surface area (Å²) in [6.07, 6.45) is 1.86. The highest BCUT2D eigenvalue weighted by Crippen LogP contribution is 2.13. The second kappa shape index (κ2) is 5.58. The number of pyridine rings is 1. The van der Waals surface area contributed by atoms with E-state index in [1.165, 1.54) is 5.56 Å². The van der Waals surface area contributed by atoms with Crippen LogP contribution in [-0.4, -0.2) is 47.5 Å². The van der Waals surface area contributed by atoms with E-state index in [2.05, 4.69) is 40.9 Å². The molecule has 0 aliphatic carbocycles. The minimum absolute atomic E-state index is 0.520. The van der Waals surface area contributed by atoms with Crippen molar-refractivity contribution in [1.82, 2.24) is 14.8 Å². The SMILES string of the molecule is CC1CN(C)CCN1Cc1ccnc(CN)c1. The van der Waals surface area contributed by atoms with E-state index in [9.17, 15) is 0 Å². The van der Waals surface area contributed by atoms with E-state index in [0.29, 0.717) is 12.6 Å².